The topological polar surface area (TPSA) is 70.2 Å². The smallest absolute Gasteiger partial charge is 0.251 e. The Morgan fingerprint density at radius 1 is 1.25 bits per heavy atom. The highest BCUT2D eigenvalue weighted by Gasteiger charge is 2.21. The van der Waals surface area contributed by atoms with Gasteiger partial charge >= 0.3 is 0 Å². The van der Waals surface area contributed by atoms with Crippen LogP contribution in [0.25, 0.3) is 0 Å². The van der Waals surface area contributed by atoms with E-state index < -0.39 is 0 Å². The van der Waals surface area contributed by atoms with E-state index in [1.165, 1.54) is 0 Å². The first-order valence-electron chi connectivity index (χ1n) is 7.01. The van der Waals surface area contributed by atoms with Gasteiger partial charge in [-0.15, -0.1) is 0 Å². The largest absolute Gasteiger partial charge is 0.350 e. The third kappa shape index (κ3) is 3.81. The van der Waals surface area contributed by atoms with Crippen LogP contribution in [0.3, 0.4) is 0 Å². The lowest BCUT2D eigenvalue weighted by molar-refractivity contribution is -0.117. The van der Waals surface area contributed by atoms with Crippen LogP contribution in [-0.4, -0.2) is 30.4 Å². The van der Waals surface area contributed by atoms with Gasteiger partial charge in [0.2, 0.25) is 5.91 Å². The molecular weight excluding hydrogens is 254 g/mol. The SMILES string of the molecule is CC(C)NC(=O)c1ccc(NC(=O)[C@H]2CCCN2)cc1. The summed E-state index contributed by atoms with van der Waals surface area (Å²) in [6, 6.07) is 6.95. The molecule has 0 spiro atoms. The maximum absolute atomic E-state index is 11.9. The molecule has 0 bridgehead atoms. The van der Waals surface area contributed by atoms with Crippen LogP contribution in [-0.2, 0) is 4.79 Å². The van der Waals surface area contributed by atoms with Gasteiger partial charge in [0, 0.05) is 17.3 Å². The summed E-state index contributed by atoms with van der Waals surface area (Å²) in [6.07, 6.45) is 1.91. The van der Waals surface area contributed by atoms with Crippen molar-refractivity contribution in [1.82, 2.24) is 10.6 Å². The van der Waals surface area contributed by atoms with Crippen LogP contribution in [0.4, 0.5) is 5.69 Å². The zero-order valence-corrected chi connectivity index (χ0v) is 11.9. The molecule has 0 saturated carbocycles. The summed E-state index contributed by atoms with van der Waals surface area (Å²) in [5, 5.41) is 8.84. The van der Waals surface area contributed by atoms with Gasteiger partial charge in [-0.3, -0.25) is 9.59 Å². The standard InChI is InChI=1S/C15H21N3O2/c1-10(2)17-14(19)11-5-7-12(8-6-11)18-15(20)13-4-3-9-16-13/h5-8,10,13,16H,3-4,9H2,1-2H3,(H,17,19)(H,18,20)/t13-/m1/s1. The Balaban J connectivity index is 1.94. The summed E-state index contributed by atoms with van der Waals surface area (Å²) in [5.41, 5.74) is 1.31. The van der Waals surface area contributed by atoms with Crippen LogP contribution in [0.1, 0.15) is 37.0 Å². The van der Waals surface area contributed by atoms with Gasteiger partial charge in [0.15, 0.2) is 0 Å². The summed E-state index contributed by atoms with van der Waals surface area (Å²) in [6.45, 7) is 4.73. The van der Waals surface area contributed by atoms with E-state index in [4.69, 9.17) is 0 Å². The predicted molar refractivity (Wildman–Crippen MR) is 78.7 cm³/mol. The Hall–Kier alpha value is -1.88. The van der Waals surface area contributed by atoms with Gasteiger partial charge in [-0.1, -0.05) is 0 Å². The number of amides is 2. The molecule has 0 aliphatic carbocycles. The molecule has 1 atom stereocenters. The Morgan fingerprint density at radius 2 is 1.95 bits per heavy atom. The van der Waals surface area contributed by atoms with Crippen molar-refractivity contribution in [2.24, 2.45) is 0 Å². The monoisotopic (exact) mass is 275 g/mol. The van der Waals surface area contributed by atoms with Crippen LogP contribution in [0.2, 0.25) is 0 Å². The van der Waals surface area contributed by atoms with E-state index in [0.29, 0.717) is 11.3 Å². The number of carbonyl (C=O) groups excluding carboxylic acids is 2. The van der Waals surface area contributed by atoms with E-state index in [0.717, 1.165) is 19.4 Å². The van der Waals surface area contributed by atoms with Gasteiger partial charge in [-0.2, -0.15) is 0 Å². The first kappa shape index (κ1) is 14.5. The fourth-order valence-electron chi connectivity index (χ4n) is 2.19. The zero-order chi connectivity index (χ0) is 14.5. The molecule has 108 valence electrons. The molecule has 1 aliphatic rings. The van der Waals surface area contributed by atoms with Gasteiger partial charge in [0.05, 0.1) is 6.04 Å². The molecule has 20 heavy (non-hydrogen) atoms. The minimum absolute atomic E-state index is 0.0121. The maximum Gasteiger partial charge on any atom is 0.251 e. The average Bonchev–Trinajstić information content (AvgIpc) is 2.92. The highest BCUT2D eigenvalue weighted by molar-refractivity contribution is 5.97. The summed E-state index contributed by atoms with van der Waals surface area (Å²) < 4.78 is 0. The van der Waals surface area contributed by atoms with Crippen LogP contribution < -0.4 is 16.0 Å². The van der Waals surface area contributed by atoms with Crippen molar-refractivity contribution < 1.29 is 9.59 Å². The van der Waals surface area contributed by atoms with E-state index in [1.807, 2.05) is 13.8 Å². The number of nitrogens with one attached hydrogen (secondary N) is 3. The molecule has 1 fully saturated rings. The minimum Gasteiger partial charge on any atom is -0.350 e. The summed E-state index contributed by atoms with van der Waals surface area (Å²) in [5.74, 6) is -0.114. The minimum atomic E-state index is -0.102. The molecule has 1 aliphatic heterocycles. The number of rotatable bonds is 4. The number of hydrogen-bond donors (Lipinski definition) is 3. The van der Waals surface area contributed by atoms with E-state index in [2.05, 4.69) is 16.0 Å². The number of anilines is 1. The van der Waals surface area contributed by atoms with Gasteiger partial charge in [0.25, 0.3) is 5.91 Å². The van der Waals surface area contributed by atoms with Crippen molar-refractivity contribution in [2.45, 2.75) is 38.8 Å². The van der Waals surface area contributed by atoms with Crippen molar-refractivity contribution in [1.29, 1.82) is 0 Å². The first-order valence-corrected chi connectivity index (χ1v) is 7.01. The van der Waals surface area contributed by atoms with Gasteiger partial charge in [-0.05, 0) is 57.5 Å². The Kier molecular flexibility index (Phi) is 4.74. The lowest BCUT2D eigenvalue weighted by Crippen LogP contribution is -2.35. The molecule has 0 aromatic heterocycles. The maximum atomic E-state index is 11.9. The molecular formula is C15H21N3O2. The highest BCUT2D eigenvalue weighted by Crippen LogP contribution is 2.12. The summed E-state index contributed by atoms with van der Waals surface area (Å²) in [7, 11) is 0. The summed E-state index contributed by atoms with van der Waals surface area (Å²) >= 11 is 0. The molecule has 0 unspecified atom stereocenters. The number of carbonyl (C=O) groups is 2. The fraction of sp³-hybridized carbons (Fsp3) is 0.467. The molecule has 0 radical (unpaired) electrons. The van der Waals surface area contributed by atoms with Gasteiger partial charge in [-0.25, -0.2) is 0 Å². The molecule has 2 rings (SSSR count). The van der Waals surface area contributed by atoms with Crippen molar-refractivity contribution in [3.63, 3.8) is 0 Å². The zero-order valence-electron chi connectivity index (χ0n) is 11.9. The molecule has 1 aromatic carbocycles. The molecule has 3 N–H and O–H groups in total. The second kappa shape index (κ2) is 6.52. The van der Waals surface area contributed by atoms with E-state index in [9.17, 15) is 9.59 Å². The van der Waals surface area contributed by atoms with Crippen molar-refractivity contribution in [2.75, 3.05) is 11.9 Å². The Morgan fingerprint density at radius 3 is 2.50 bits per heavy atom. The van der Waals surface area contributed by atoms with Crippen LogP contribution in [0.15, 0.2) is 24.3 Å². The lowest BCUT2D eigenvalue weighted by atomic mass is 10.1. The molecule has 1 saturated heterocycles. The van der Waals surface area contributed by atoms with Gasteiger partial charge < -0.3 is 16.0 Å². The summed E-state index contributed by atoms with van der Waals surface area (Å²) in [4.78, 5) is 23.7. The van der Waals surface area contributed by atoms with Crippen molar-refractivity contribution >= 4 is 17.5 Å². The average molecular weight is 275 g/mol. The number of hydrogen-bond acceptors (Lipinski definition) is 3. The molecule has 1 heterocycles. The number of benzene rings is 1. The third-order valence-electron chi connectivity index (χ3n) is 3.21. The third-order valence-corrected chi connectivity index (χ3v) is 3.21. The molecule has 5 heteroatoms. The Bertz CT molecular complexity index is 476. The molecule has 2 amide bonds. The molecule has 1 aromatic rings. The highest BCUT2D eigenvalue weighted by atomic mass is 16.2. The van der Waals surface area contributed by atoms with Crippen LogP contribution in [0.5, 0.6) is 0 Å². The predicted octanol–water partition coefficient (Wildman–Crippen LogP) is 1.52. The second-order valence-corrected chi connectivity index (χ2v) is 5.34. The molecule has 5 nitrogen and oxygen atoms in total. The lowest BCUT2D eigenvalue weighted by Gasteiger charge is -2.12. The first-order chi connectivity index (χ1) is 9.56. The van der Waals surface area contributed by atoms with E-state index in [1.54, 1.807) is 24.3 Å². The van der Waals surface area contributed by atoms with E-state index >= 15 is 0 Å². The van der Waals surface area contributed by atoms with Crippen molar-refractivity contribution in [3.05, 3.63) is 29.8 Å². The van der Waals surface area contributed by atoms with Gasteiger partial charge in [0.1, 0.15) is 0 Å². The van der Waals surface area contributed by atoms with Crippen molar-refractivity contribution in [3.8, 4) is 0 Å². The normalized spacial score (nSPS) is 18.1. The van der Waals surface area contributed by atoms with Crippen LogP contribution >= 0.6 is 0 Å². The second-order valence-electron chi connectivity index (χ2n) is 5.34. The van der Waals surface area contributed by atoms with Crippen LogP contribution in [0, 0.1) is 0 Å². The fourth-order valence-corrected chi connectivity index (χ4v) is 2.19. The van der Waals surface area contributed by atoms with E-state index in [-0.39, 0.29) is 23.9 Å². The quantitative estimate of drug-likeness (QED) is 0.780. The Labute approximate surface area is 119 Å².